The summed E-state index contributed by atoms with van der Waals surface area (Å²) in [5.41, 5.74) is -0.0651. The molecule has 0 saturated heterocycles. The Morgan fingerprint density at radius 3 is 2.30 bits per heavy atom. The van der Waals surface area contributed by atoms with Gasteiger partial charge in [0.05, 0.1) is 7.11 Å². The van der Waals surface area contributed by atoms with Gasteiger partial charge >= 0.3 is 5.97 Å². The molecule has 0 aliphatic heterocycles. The Hall–Kier alpha value is -1.49. The number of ether oxygens (including phenoxy) is 1. The predicted octanol–water partition coefficient (Wildman–Crippen LogP) is 3.20. The zero-order valence-electron chi connectivity index (χ0n) is 12.2. The zero-order valence-corrected chi connectivity index (χ0v) is 12.2. The molecule has 1 aromatic rings. The molecule has 0 aromatic heterocycles. The van der Waals surface area contributed by atoms with Gasteiger partial charge in [0.15, 0.2) is 0 Å². The van der Waals surface area contributed by atoms with Crippen LogP contribution >= 0.6 is 0 Å². The van der Waals surface area contributed by atoms with Gasteiger partial charge in [-0.3, -0.25) is 10.1 Å². The van der Waals surface area contributed by atoms with E-state index in [4.69, 9.17) is 4.74 Å². The SMILES string of the molecule is CCC(C)C(NC(C)c1c(F)cccc1F)C(=O)OC. The van der Waals surface area contributed by atoms with E-state index < -0.39 is 29.7 Å². The number of halogens is 2. The number of nitrogens with one attached hydrogen (secondary N) is 1. The number of carbonyl (C=O) groups is 1. The van der Waals surface area contributed by atoms with Crippen LogP contribution in [0.25, 0.3) is 0 Å². The fourth-order valence-corrected chi connectivity index (χ4v) is 2.10. The van der Waals surface area contributed by atoms with Gasteiger partial charge in [-0.2, -0.15) is 0 Å². The summed E-state index contributed by atoms with van der Waals surface area (Å²) in [7, 11) is 1.30. The second-order valence-electron chi connectivity index (χ2n) is 4.91. The minimum atomic E-state index is -0.630. The molecule has 0 saturated carbocycles. The molecule has 1 N–H and O–H groups in total. The largest absolute Gasteiger partial charge is 0.468 e. The van der Waals surface area contributed by atoms with Gasteiger partial charge in [-0.15, -0.1) is 0 Å². The highest BCUT2D eigenvalue weighted by Gasteiger charge is 2.28. The van der Waals surface area contributed by atoms with Crippen molar-refractivity contribution < 1.29 is 18.3 Å². The minimum absolute atomic E-state index is 0.000246. The first kappa shape index (κ1) is 16.6. The number of rotatable bonds is 6. The van der Waals surface area contributed by atoms with Crippen LogP contribution in [0, 0.1) is 17.6 Å². The van der Waals surface area contributed by atoms with Crippen LogP contribution in [0.2, 0.25) is 0 Å². The van der Waals surface area contributed by atoms with Crippen LogP contribution in [0.5, 0.6) is 0 Å². The maximum absolute atomic E-state index is 13.7. The molecular weight excluding hydrogens is 264 g/mol. The van der Waals surface area contributed by atoms with Crippen molar-refractivity contribution in [3.05, 3.63) is 35.4 Å². The van der Waals surface area contributed by atoms with Gasteiger partial charge in [0.1, 0.15) is 17.7 Å². The molecule has 0 fully saturated rings. The standard InChI is InChI=1S/C15H21F2NO2/c1-5-9(2)14(15(19)20-4)18-10(3)13-11(16)7-6-8-12(13)17/h6-10,14,18H,5H2,1-4H3. The third-order valence-corrected chi connectivity index (χ3v) is 3.53. The Morgan fingerprint density at radius 1 is 1.30 bits per heavy atom. The van der Waals surface area contributed by atoms with Gasteiger partial charge in [-0.05, 0) is 25.0 Å². The summed E-state index contributed by atoms with van der Waals surface area (Å²) in [6, 6.07) is 2.49. The number of hydrogen-bond acceptors (Lipinski definition) is 3. The van der Waals surface area contributed by atoms with Gasteiger partial charge < -0.3 is 4.74 Å². The van der Waals surface area contributed by atoms with Crippen molar-refractivity contribution in [1.29, 1.82) is 0 Å². The Morgan fingerprint density at radius 2 is 1.85 bits per heavy atom. The Kier molecular flexibility index (Phi) is 6.07. The van der Waals surface area contributed by atoms with Gasteiger partial charge in [0, 0.05) is 11.6 Å². The topological polar surface area (TPSA) is 38.3 Å². The predicted molar refractivity (Wildman–Crippen MR) is 73.2 cm³/mol. The second-order valence-corrected chi connectivity index (χ2v) is 4.91. The van der Waals surface area contributed by atoms with Gasteiger partial charge in [-0.25, -0.2) is 8.78 Å². The Labute approximate surface area is 118 Å². The first-order valence-electron chi connectivity index (χ1n) is 6.70. The average molecular weight is 285 g/mol. The normalized spacial score (nSPS) is 15.5. The molecule has 0 radical (unpaired) electrons. The maximum Gasteiger partial charge on any atom is 0.323 e. The Bertz CT molecular complexity index is 445. The molecule has 20 heavy (non-hydrogen) atoms. The molecule has 0 heterocycles. The lowest BCUT2D eigenvalue weighted by molar-refractivity contribution is -0.144. The van der Waals surface area contributed by atoms with Gasteiger partial charge in [-0.1, -0.05) is 26.3 Å². The minimum Gasteiger partial charge on any atom is -0.468 e. The monoisotopic (exact) mass is 285 g/mol. The molecule has 0 spiro atoms. The fourth-order valence-electron chi connectivity index (χ4n) is 2.10. The molecule has 3 atom stereocenters. The lowest BCUT2D eigenvalue weighted by Gasteiger charge is -2.26. The van der Waals surface area contributed by atoms with E-state index in [1.807, 2.05) is 13.8 Å². The van der Waals surface area contributed by atoms with Crippen molar-refractivity contribution in [2.24, 2.45) is 5.92 Å². The molecular formula is C15H21F2NO2. The van der Waals surface area contributed by atoms with E-state index in [9.17, 15) is 13.6 Å². The second kappa shape index (κ2) is 7.33. The quantitative estimate of drug-likeness (QED) is 0.816. The highest BCUT2D eigenvalue weighted by molar-refractivity contribution is 5.76. The number of esters is 1. The van der Waals surface area contributed by atoms with Crippen LogP contribution in [0.1, 0.15) is 38.8 Å². The molecule has 0 aliphatic rings. The summed E-state index contributed by atoms with van der Waals surface area (Å²) >= 11 is 0. The third-order valence-electron chi connectivity index (χ3n) is 3.53. The summed E-state index contributed by atoms with van der Waals surface area (Å²) in [6.45, 7) is 5.45. The van der Waals surface area contributed by atoms with E-state index >= 15 is 0 Å². The number of hydrogen-bond donors (Lipinski definition) is 1. The number of benzene rings is 1. The highest BCUT2D eigenvalue weighted by atomic mass is 19.1. The average Bonchev–Trinajstić information content (AvgIpc) is 2.42. The lowest BCUT2D eigenvalue weighted by atomic mass is 9.97. The van der Waals surface area contributed by atoms with Crippen molar-refractivity contribution in [3.63, 3.8) is 0 Å². The van der Waals surface area contributed by atoms with Crippen molar-refractivity contribution >= 4 is 5.97 Å². The van der Waals surface area contributed by atoms with E-state index in [0.717, 1.165) is 6.42 Å². The number of carbonyl (C=O) groups excluding carboxylic acids is 1. The van der Waals surface area contributed by atoms with E-state index in [0.29, 0.717) is 0 Å². The van der Waals surface area contributed by atoms with E-state index in [1.54, 1.807) is 6.92 Å². The van der Waals surface area contributed by atoms with Crippen LogP contribution in [0.4, 0.5) is 8.78 Å². The molecule has 0 aliphatic carbocycles. The summed E-state index contributed by atoms with van der Waals surface area (Å²) in [5.74, 6) is -1.68. The van der Waals surface area contributed by atoms with Crippen molar-refractivity contribution in [1.82, 2.24) is 5.32 Å². The summed E-state index contributed by atoms with van der Waals surface area (Å²) in [6.07, 6.45) is 0.749. The first-order chi connectivity index (χ1) is 9.42. The molecule has 5 heteroatoms. The van der Waals surface area contributed by atoms with Crippen LogP contribution in [-0.4, -0.2) is 19.1 Å². The molecule has 1 rings (SSSR count). The molecule has 3 nitrogen and oxygen atoms in total. The maximum atomic E-state index is 13.7. The smallest absolute Gasteiger partial charge is 0.323 e. The van der Waals surface area contributed by atoms with Crippen LogP contribution < -0.4 is 5.32 Å². The molecule has 0 amide bonds. The van der Waals surface area contributed by atoms with Gasteiger partial charge in [0.2, 0.25) is 0 Å². The molecule has 1 aromatic carbocycles. The van der Waals surface area contributed by atoms with E-state index in [-0.39, 0.29) is 11.5 Å². The van der Waals surface area contributed by atoms with Crippen LogP contribution in [0.15, 0.2) is 18.2 Å². The van der Waals surface area contributed by atoms with Gasteiger partial charge in [0.25, 0.3) is 0 Å². The highest BCUT2D eigenvalue weighted by Crippen LogP contribution is 2.22. The summed E-state index contributed by atoms with van der Waals surface area (Å²) in [5, 5.41) is 2.96. The third kappa shape index (κ3) is 3.76. The van der Waals surface area contributed by atoms with Crippen LogP contribution in [-0.2, 0) is 9.53 Å². The molecule has 0 bridgehead atoms. The summed E-state index contributed by atoms with van der Waals surface area (Å²) < 4.78 is 32.2. The van der Waals surface area contributed by atoms with E-state index in [1.165, 1.54) is 25.3 Å². The first-order valence-corrected chi connectivity index (χ1v) is 6.70. The van der Waals surface area contributed by atoms with Crippen molar-refractivity contribution in [2.45, 2.75) is 39.3 Å². The van der Waals surface area contributed by atoms with Crippen LogP contribution in [0.3, 0.4) is 0 Å². The zero-order chi connectivity index (χ0) is 15.3. The molecule has 3 unspecified atom stereocenters. The Balaban J connectivity index is 2.96. The van der Waals surface area contributed by atoms with E-state index in [2.05, 4.69) is 5.32 Å². The van der Waals surface area contributed by atoms with Crippen molar-refractivity contribution in [2.75, 3.05) is 7.11 Å². The number of methoxy groups -OCH3 is 1. The summed E-state index contributed by atoms with van der Waals surface area (Å²) in [4.78, 5) is 11.8. The fraction of sp³-hybridized carbons (Fsp3) is 0.533. The lowest BCUT2D eigenvalue weighted by Crippen LogP contribution is -2.44. The molecule has 112 valence electrons. The van der Waals surface area contributed by atoms with Crippen molar-refractivity contribution in [3.8, 4) is 0 Å².